The lowest BCUT2D eigenvalue weighted by molar-refractivity contribution is -0.117. The molecule has 1 amide bonds. The van der Waals surface area contributed by atoms with Crippen molar-refractivity contribution in [3.63, 3.8) is 0 Å². The fraction of sp³-hybridized carbons (Fsp3) is 0.700. The second-order valence-electron chi connectivity index (χ2n) is 3.44. The van der Waals surface area contributed by atoms with Gasteiger partial charge in [0, 0.05) is 27.3 Å². The number of azo groups is 1. The van der Waals surface area contributed by atoms with Gasteiger partial charge in [-0.2, -0.15) is 5.11 Å². The quantitative estimate of drug-likeness (QED) is 0.642. The van der Waals surface area contributed by atoms with Gasteiger partial charge in [0.15, 0.2) is 5.38 Å². The van der Waals surface area contributed by atoms with Gasteiger partial charge in [0.1, 0.15) is 0 Å². The van der Waals surface area contributed by atoms with Gasteiger partial charge in [-0.25, -0.2) is 0 Å². The van der Waals surface area contributed by atoms with Crippen LogP contribution in [0.25, 0.3) is 0 Å². The maximum Gasteiger partial charge on any atom is 0.288 e. The maximum atomic E-state index is 11.3. The third kappa shape index (κ3) is 4.07. The molecule has 0 radical (unpaired) electrons. The Hall–Kier alpha value is -0.980. The lowest BCUT2D eigenvalue weighted by Crippen LogP contribution is -2.36. The van der Waals surface area contributed by atoms with Crippen molar-refractivity contribution in [2.24, 2.45) is 10.2 Å². The molecule has 96 valence electrons. The Bertz CT molecular complexity index is 312. The van der Waals surface area contributed by atoms with E-state index in [4.69, 9.17) is 21.1 Å². The highest BCUT2D eigenvalue weighted by Gasteiger charge is 2.27. The first-order valence-corrected chi connectivity index (χ1v) is 5.66. The Morgan fingerprint density at radius 3 is 2.47 bits per heavy atom. The van der Waals surface area contributed by atoms with Crippen LogP contribution in [0.15, 0.2) is 22.1 Å². The molecule has 1 rings (SSSR count). The number of carbonyl (C=O) groups is 1. The van der Waals surface area contributed by atoms with Crippen LogP contribution in [0.3, 0.4) is 0 Å². The summed E-state index contributed by atoms with van der Waals surface area (Å²) >= 11 is 5.99. The Morgan fingerprint density at radius 2 is 1.94 bits per heavy atom. The largest absolute Gasteiger partial charge is 0.383 e. The molecule has 0 aromatic carbocycles. The third-order valence-electron chi connectivity index (χ3n) is 2.32. The molecular weight excluding hydrogens is 246 g/mol. The fourth-order valence-electron chi connectivity index (χ4n) is 1.40. The van der Waals surface area contributed by atoms with Crippen molar-refractivity contribution < 1.29 is 14.3 Å². The molecule has 1 atom stereocenters. The molecule has 0 saturated carbocycles. The number of hydrogen-bond donors (Lipinski definition) is 0. The van der Waals surface area contributed by atoms with Crippen molar-refractivity contribution in [3.8, 4) is 0 Å². The second-order valence-corrected chi connectivity index (χ2v) is 3.88. The van der Waals surface area contributed by atoms with Gasteiger partial charge in [-0.1, -0.05) is 0 Å². The summed E-state index contributed by atoms with van der Waals surface area (Å²) in [5.41, 5.74) is 0.640. The van der Waals surface area contributed by atoms with Crippen molar-refractivity contribution in [2.45, 2.75) is 5.38 Å². The van der Waals surface area contributed by atoms with Crippen LogP contribution in [0.2, 0.25) is 0 Å². The second kappa shape index (κ2) is 7.37. The van der Waals surface area contributed by atoms with Crippen molar-refractivity contribution in [3.05, 3.63) is 11.9 Å². The first kappa shape index (κ1) is 14.1. The van der Waals surface area contributed by atoms with Gasteiger partial charge in [-0.05, 0) is 0 Å². The molecule has 0 aliphatic carbocycles. The normalized spacial score (nSPS) is 19.4. The minimum Gasteiger partial charge on any atom is -0.383 e. The predicted octanol–water partition coefficient (Wildman–Crippen LogP) is 1.02. The topological polar surface area (TPSA) is 63.5 Å². The van der Waals surface area contributed by atoms with E-state index in [1.54, 1.807) is 14.2 Å². The van der Waals surface area contributed by atoms with Crippen LogP contribution in [-0.4, -0.2) is 56.7 Å². The van der Waals surface area contributed by atoms with Gasteiger partial charge in [0.2, 0.25) is 0 Å². The Balaban J connectivity index is 2.70. The number of carbonyl (C=O) groups excluding carboxylic acids is 1. The summed E-state index contributed by atoms with van der Waals surface area (Å²) in [5, 5.41) is 6.25. The molecule has 0 spiro atoms. The van der Waals surface area contributed by atoms with Crippen LogP contribution < -0.4 is 0 Å². The summed E-state index contributed by atoms with van der Waals surface area (Å²) in [5.74, 6) is -0.441. The van der Waals surface area contributed by atoms with Crippen LogP contribution in [0.1, 0.15) is 0 Å². The van der Waals surface area contributed by atoms with Gasteiger partial charge < -0.3 is 14.4 Å². The van der Waals surface area contributed by atoms with Gasteiger partial charge in [-0.15, -0.1) is 16.7 Å². The third-order valence-corrected chi connectivity index (χ3v) is 2.73. The minimum atomic E-state index is -0.777. The first-order chi connectivity index (χ1) is 8.20. The Kier molecular flexibility index (Phi) is 6.10. The first-order valence-electron chi connectivity index (χ1n) is 5.22. The van der Waals surface area contributed by atoms with Crippen LogP contribution in [0, 0.1) is 0 Å². The van der Waals surface area contributed by atoms with Gasteiger partial charge in [-0.3, -0.25) is 4.79 Å². The average molecular weight is 262 g/mol. The summed E-state index contributed by atoms with van der Waals surface area (Å²) in [4.78, 5) is 13.3. The molecule has 0 N–H and O–H groups in total. The van der Waals surface area contributed by atoms with E-state index in [1.165, 1.54) is 6.20 Å². The summed E-state index contributed by atoms with van der Waals surface area (Å²) in [6.45, 7) is 2.32. The molecule has 0 fully saturated rings. The van der Waals surface area contributed by atoms with E-state index in [0.717, 1.165) is 0 Å². The van der Waals surface area contributed by atoms with Crippen molar-refractivity contribution in [1.82, 2.24) is 4.90 Å². The molecule has 7 heteroatoms. The SMILES string of the molecule is COCCN(CCOC)C1=CN=NC(=O)C1Cl. The molecule has 0 saturated heterocycles. The molecule has 6 nitrogen and oxygen atoms in total. The zero-order chi connectivity index (χ0) is 12.7. The molecule has 17 heavy (non-hydrogen) atoms. The van der Waals surface area contributed by atoms with E-state index < -0.39 is 11.3 Å². The molecule has 0 bridgehead atoms. The molecule has 0 aromatic heterocycles. The molecule has 1 aliphatic heterocycles. The Morgan fingerprint density at radius 1 is 1.35 bits per heavy atom. The predicted molar refractivity (Wildman–Crippen MR) is 62.9 cm³/mol. The summed E-state index contributed by atoms with van der Waals surface area (Å²) < 4.78 is 10.0. The lowest BCUT2D eigenvalue weighted by Gasteiger charge is -2.28. The van der Waals surface area contributed by atoms with E-state index in [2.05, 4.69) is 10.2 Å². The van der Waals surface area contributed by atoms with Crippen molar-refractivity contribution in [2.75, 3.05) is 40.5 Å². The highest BCUT2D eigenvalue weighted by molar-refractivity contribution is 6.33. The zero-order valence-electron chi connectivity index (χ0n) is 9.93. The van der Waals surface area contributed by atoms with E-state index >= 15 is 0 Å². The molecular formula is C10H16ClN3O3. The maximum absolute atomic E-state index is 11.3. The fourth-order valence-corrected chi connectivity index (χ4v) is 1.64. The van der Waals surface area contributed by atoms with Gasteiger partial charge in [0.05, 0.1) is 25.1 Å². The summed E-state index contributed by atoms with van der Waals surface area (Å²) in [7, 11) is 3.24. The van der Waals surface area contributed by atoms with Gasteiger partial charge >= 0.3 is 0 Å². The standard InChI is InChI=1S/C10H16ClN3O3/c1-16-5-3-14(4-6-17-2)8-7-12-13-10(15)9(8)11/h7,9H,3-6H2,1-2H3. The number of nitrogens with zero attached hydrogens (tertiary/aromatic N) is 3. The summed E-state index contributed by atoms with van der Waals surface area (Å²) in [6.07, 6.45) is 1.50. The molecule has 1 unspecified atom stereocenters. The molecule has 0 aromatic rings. The highest BCUT2D eigenvalue weighted by Crippen LogP contribution is 2.20. The number of methoxy groups -OCH3 is 2. The monoisotopic (exact) mass is 261 g/mol. The number of rotatable bonds is 7. The number of hydrogen-bond acceptors (Lipinski definition) is 5. The van der Waals surface area contributed by atoms with Crippen LogP contribution >= 0.6 is 11.6 Å². The zero-order valence-corrected chi connectivity index (χ0v) is 10.7. The highest BCUT2D eigenvalue weighted by atomic mass is 35.5. The minimum absolute atomic E-state index is 0.441. The number of amides is 1. The van der Waals surface area contributed by atoms with Gasteiger partial charge in [0.25, 0.3) is 5.91 Å². The smallest absolute Gasteiger partial charge is 0.288 e. The number of alkyl halides is 1. The molecule has 1 aliphatic rings. The van der Waals surface area contributed by atoms with Crippen LogP contribution in [0.5, 0.6) is 0 Å². The average Bonchev–Trinajstić information content (AvgIpc) is 2.34. The van der Waals surface area contributed by atoms with E-state index in [0.29, 0.717) is 32.0 Å². The van der Waals surface area contributed by atoms with Crippen molar-refractivity contribution >= 4 is 17.5 Å². The Labute approximate surface area is 105 Å². The van der Waals surface area contributed by atoms with E-state index in [-0.39, 0.29) is 0 Å². The van der Waals surface area contributed by atoms with E-state index in [9.17, 15) is 4.79 Å². The lowest BCUT2D eigenvalue weighted by atomic mass is 10.2. The van der Waals surface area contributed by atoms with E-state index in [1.807, 2.05) is 4.90 Å². The van der Waals surface area contributed by atoms with Crippen molar-refractivity contribution in [1.29, 1.82) is 0 Å². The molecule has 1 heterocycles. The van der Waals surface area contributed by atoms with Crippen LogP contribution in [-0.2, 0) is 14.3 Å². The summed E-state index contributed by atoms with van der Waals surface area (Å²) in [6, 6.07) is 0. The number of ether oxygens (including phenoxy) is 2. The van der Waals surface area contributed by atoms with Crippen LogP contribution in [0.4, 0.5) is 0 Å². The number of halogens is 1.